The van der Waals surface area contributed by atoms with Crippen molar-refractivity contribution in [2.75, 3.05) is 0 Å². The topological polar surface area (TPSA) is 0 Å². The van der Waals surface area contributed by atoms with Gasteiger partial charge in [0.1, 0.15) is 0 Å². The minimum absolute atomic E-state index is 0. The van der Waals surface area contributed by atoms with Crippen molar-refractivity contribution in [3.63, 3.8) is 0 Å². The van der Waals surface area contributed by atoms with E-state index in [4.69, 9.17) is 0 Å². The van der Waals surface area contributed by atoms with Crippen LogP contribution in [0.5, 0.6) is 0 Å². The molecule has 2 aliphatic rings. The van der Waals surface area contributed by atoms with Gasteiger partial charge in [0, 0.05) is 0 Å². The zero-order valence-corrected chi connectivity index (χ0v) is 17.2. The normalized spacial score (nSPS) is 14.1. The van der Waals surface area contributed by atoms with Gasteiger partial charge in [0.15, 0.2) is 0 Å². The molecule has 2 aliphatic carbocycles. The number of aryl methyl sites for hydroxylation is 2. The fourth-order valence-corrected chi connectivity index (χ4v) is 3.12. The average Bonchev–Trinajstić information content (AvgIpc) is 3.42. The van der Waals surface area contributed by atoms with Crippen LogP contribution in [0, 0.1) is 12.2 Å². The number of hydrogen-bond donors (Lipinski definition) is 0. The van der Waals surface area contributed by atoms with Crippen LogP contribution in [0.15, 0.2) is 72.8 Å². The average molecular weight is 394 g/mol. The van der Waals surface area contributed by atoms with Gasteiger partial charge in [0.25, 0.3) is 0 Å². The van der Waals surface area contributed by atoms with E-state index in [1.54, 1.807) is 0 Å². The maximum atomic E-state index is 3.33. The van der Waals surface area contributed by atoms with Crippen molar-refractivity contribution in [2.45, 2.75) is 39.5 Å². The van der Waals surface area contributed by atoms with Crippen molar-refractivity contribution >= 4 is 11.1 Å². The van der Waals surface area contributed by atoms with Gasteiger partial charge >= 0.3 is 17.1 Å². The van der Waals surface area contributed by atoms with E-state index in [2.05, 4.69) is 98.8 Å². The first-order valence-electron chi connectivity index (χ1n) is 9.53. The van der Waals surface area contributed by atoms with Gasteiger partial charge in [-0.05, 0) is 12.8 Å². The monoisotopic (exact) mass is 394 g/mol. The van der Waals surface area contributed by atoms with Gasteiger partial charge in [-0.15, -0.1) is 47.5 Å². The molecule has 2 aromatic rings. The van der Waals surface area contributed by atoms with Crippen molar-refractivity contribution in [2.24, 2.45) is 0 Å². The Hall–Kier alpha value is -2.08. The predicted octanol–water partition coefficient (Wildman–Crippen LogP) is 6.79. The third kappa shape index (κ3) is 5.96. The number of allylic oxidation sites excluding steroid dienone is 8. The van der Waals surface area contributed by atoms with Crippen LogP contribution in [0.1, 0.15) is 48.9 Å². The minimum Gasteiger partial charge on any atom is -0.197 e. The van der Waals surface area contributed by atoms with Gasteiger partial charge in [-0.25, -0.2) is 0 Å². The molecule has 0 nitrogen and oxygen atoms in total. The summed E-state index contributed by atoms with van der Waals surface area (Å²) in [6, 6.07) is 17.4. The molecule has 0 amide bonds. The van der Waals surface area contributed by atoms with Gasteiger partial charge < -0.3 is 0 Å². The summed E-state index contributed by atoms with van der Waals surface area (Å²) in [5.41, 5.74) is 7.88. The molecule has 0 aliphatic heterocycles. The van der Waals surface area contributed by atoms with Crippen molar-refractivity contribution in [3.8, 4) is 0 Å². The second-order valence-corrected chi connectivity index (χ2v) is 6.50. The van der Waals surface area contributed by atoms with Gasteiger partial charge in [-0.3, -0.25) is 0 Å². The van der Waals surface area contributed by atoms with Crippen LogP contribution in [-0.4, -0.2) is 0 Å². The molecule has 0 fully saturated rings. The number of hydrogen-bond acceptors (Lipinski definition) is 0. The second-order valence-electron chi connectivity index (χ2n) is 6.50. The van der Waals surface area contributed by atoms with Gasteiger partial charge in [0.2, 0.25) is 0 Å². The third-order valence-electron chi connectivity index (χ3n) is 4.68. The first-order valence-corrected chi connectivity index (χ1v) is 9.53. The summed E-state index contributed by atoms with van der Waals surface area (Å²) < 4.78 is 0. The van der Waals surface area contributed by atoms with Crippen LogP contribution in [0.3, 0.4) is 0 Å². The quantitative estimate of drug-likeness (QED) is 0.396. The summed E-state index contributed by atoms with van der Waals surface area (Å²) in [7, 11) is 0. The van der Waals surface area contributed by atoms with Crippen LogP contribution < -0.4 is 0 Å². The third-order valence-corrected chi connectivity index (χ3v) is 4.68. The molecule has 0 aromatic heterocycles. The first kappa shape index (κ1) is 21.2. The second kappa shape index (κ2) is 10.9. The summed E-state index contributed by atoms with van der Waals surface area (Å²) in [5.74, 6) is 0. The summed E-state index contributed by atoms with van der Waals surface area (Å²) in [5, 5.41) is 0. The Morgan fingerprint density at radius 1 is 0.704 bits per heavy atom. The van der Waals surface area contributed by atoms with E-state index in [1.807, 2.05) is 0 Å². The Bertz CT molecular complexity index is 792. The molecule has 27 heavy (non-hydrogen) atoms. The number of rotatable bonds is 4. The van der Waals surface area contributed by atoms with E-state index in [0.717, 1.165) is 25.7 Å². The SMILES string of the molecule is CCc1cccc(C2=[C-]CC=C2)c1.CCc1cccc(C2=[C-]CC=C2)c1.[Fe+2]. The Morgan fingerprint density at radius 3 is 1.48 bits per heavy atom. The minimum atomic E-state index is 0. The van der Waals surface area contributed by atoms with E-state index < -0.39 is 0 Å². The Kier molecular flexibility index (Phi) is 8.58. The molecular weight excluding hydrogens is 368 g/mol. The maximum Gasteiger partial charge on any atom is 2.00 e. The molecule has 4 rings (SSSR count). The van der Waals surface area contributed by atoms with Crippen molar-refractivity contribution in [3.05, 3.63) is 107 Å². The first-order chi connectivity index (χ1) is 12.8. The van der Waals surface area contributed by atoms with E-state index in [9.17, 15) is 0 Å². The van der Waals surface area contributed by atoms with Gasteiger partial charge in [0.05, 0.1) is 0 Å². The Morgan fingerprint density at radius 2 is 1.15 bits per heavy atom. The largest absolute Gasteiger partial charge is 2.00 e. The van der Waals surface area contributed by atoms with Crippen molar-refractivity contribution < 1.29 is 17.1 Å². The molecule has 1 heteroatoms. The maximum absolute atomic E-state index is 3.33. The number of benzene rings is 2. The van der Waals surface area contributed by atoms with Crippen LogP contribution in [-0.2, 0) is 29.9 Å². The molecule has 0 spiro atoms. The summed E-state index contributed by atoms with van der Waals surface area (Å²) in [6.07, 6.45) is 19.4. The van der Waals surface area contributed by atoms with Crippen LogP contribution in [0.4, 0.5) is 0 Å². The van der Waals surface area contributed by atoms with Crippen LogP contribution in [0.2, 0.25) is 0 Å². The van der Waals surface area contributed by atoms with Crippen molar-refractivity contribution in [1.29, 1.82) is 0 Å². The molecule has 0 saturated heterocycles. The molecule has 0 heterocycles. The van der Waals surface area contributed by atoms with E-state index in [0.29, 0.717) is 0 Å². The van der Waals surface area contributed by atoms with Crippen LogP contribution >= 0.6 is 0 Å². The smallest absolute Gasteiger partial charge is 0.197 e. The molecule has 0 bridgehead atoms. The van der Waals surface area contributed by atoms with E-state index >= 15 is 0 Å². The standard InChI is InChI=1S/2C13H13.Fe/c2*1-2-11-6-5-9-13(10-11)12-7-3-4-8-12;/h2*3,5-7,9-10H,2,4H2,1H3;/q2*-1;+2. The Balaban J connectivity index is 0.000000187. The summed E-state index contributed by atoms with van der Waals surface area (Å²) >= 11 is 0. The fourth-order valence-electron chi connectivity index (χ4n) is 3.12. The zero-order chi connectivity index (χ0) is 18.2. The molecule has 0 atom stereocenters. The van der Waals surface area contributed by atoms with Crippen molar-refractivity contribution in [1.82, 2.24) is 0 Å². The van der Waals surface area contributed by atoms with Gasteiger partial charge in [-0.1, -0.05) is 62.1 Å². The molecule has 0 unspecified atom stereocenters. The summed E-state index contributed by atoms with van der Waals surface area (Å²) in [4.78, 5) is 0. The zero-order valence-electron chi connectivity index (χ0n) is 16.1. The van der Waals surface area contributed by atoms with Crippen LogP contribution in [0.25, 0.3) is 11.1 Å². The molecule has 2 aromatic carbocycles. The molecule has 138 valence electrons. The van der Waals surface area contributed by atoms with Gasteiger partial charge in [-0.2, -0.15) is 35.5 Å². The van der Waals surface area contributed by atoms with E-state index in [1.165, 1.54) is 33.4 Å². The summed E-state index contributed by atoms with van der Waals surface area (Å²) in [6.45, 7) is 4.36. The molecule has 0 N–H and O–H groups in total. The Labute approximate surface area is 174 Å². The molecule has 0 radical (unpaired) electrons. The van der Waals surface area contributed by atoms with E-state index in [-0.39, 0.29) is 17.1 Å². The fraction of sp³-hybridized carbons (Fsp3) is 0.231. The molecule has 0 saturated carbocycles. The predicted molar refractivity (Wildman–Crippen MR) is 112 cm³/mol. The molecular formula is C26H26Fe.